The van der Waals surface area contributed by atoms with Gasteiger partial charge in [0.15, 0.2) is 0 Å². The molecule has 40 heavy (non-hydrogen) atoms. The van der Waals surface area contributed by atoms with Crippen LogP contribution < -0.4 is 10.1 Å². The van der Waals surface area contributed by atoms with Crippen LogP contribution in [-0.2, 0) is 13.0 Å². The highest BCUT2D eigenvalue weighted by molar-refractivity contribution is 6.04. The summed E-state index contributed by atoms with van der Waals surface area (Å²) in [5, 5.41) is 2.86. The molecular weight excluding hydrogens is 504 g/mol. The number of piperazine rings is 1. The third-order valence-corrected chi connectivity index (χ3v) is 7.73. The zero-order valence-corrected chi connectivity index (χ0v) is 23.2. The van der Waals surface area contributed by atoms with Crippen molar-refractivity contribution in [3.8, 4) is 5.88 Å². The first kappa shape index (κ1) is 27.7. The second-order valence-corrected chi connectivity index (χ2v) is 10.8. The van der Waals surface area contributed by atoms with Crippen molar-refractivity contribution in [2.75, 3.05) is 51.1 Å². The molecule has 2 aromatic heterocycles. The molecule has 1 aromatic carbocycles. The fourth-order valence-corrected chi connectivity index (χ4v) is 5.08. The SMILES string of the molecule is CC1CCN(Cc2ccc(C(=O)Nc3ccc(OC(=O)N4CCN(CCc5ccccn5)CC4)nc3)cc2)CC1. The van der Waals surface area contributed by atoms with Crippen LogP contribution >= 0.6 is 0 Å². The minimum atomic E-state index is -0.409. The predicted molar refractivity (Wildman–Crippen MR) is 154 cm³/mol. The van der Waals surface area contributed by atoms with Crippen LogP contribution in [0.5, 0.6) is 5.88 Å². The van der Waals surface area contributed by atoms with Crippen LogP contribution in [0.3, 0.4) is 0 Å². The number of ether oxygens (including phenoxy) is 1. The molecule has 0 atom stereocenters. The summed E-state index contributed by atoms with van der Waals surface area (Å²) < 4.78 is 5.48. The number of piperidine rings is 1. The molecule has 3 aromatic rings. The average molecular weight is 543 g/mol. The Bertz CT molecular complexity index is 1240. The van der Waals surface area contributed by atoms with Gasteiger partial charge in [0.25, 0.3) is 5.91 Å². The molecule has 0 unspecified atom stereocenters. The summed E-state index contributed by atoms with van der Waals surface area (Å²) in [6.45, 7) is 9.19. The van der Waals surface area contributed by atoms with Gasteiger partial charge in [-0.15, -0.1) is 0 Å². The Morgan fingerprint density at radius 3 is 2.35 bits per heavy atom. The number of likely N-dealkylation sites (tertiary alicyclic amines) is 1. The smallest absolute Gasteiger partial charge is 0.391 e. The minimum Gasteiger partial charge on any atom is -0.391 e. The molecule has 0 spiro atoms. The quantitative estimate of drug-likeness (QED) is 0.453. The van der Waals surface area contributed by atoms with Crippen LogP contribution in [0.4, 0.5) is 10.5 Å². The Hall–Kier alpha value is -3.82. The number of nitrogens with zero attached hydrogens (tertiary/aromatic N) is 5. The molecule has 5 rings (SSSR count). The van der Waals surface area contributed by atoms with Crippen LogP contribution in [0, 0.1) is 5.92 Å². The van der Waals surface area contributed by atoms with Crippen molar-refractivity contribution in [2.45, 2.75) is 32.7 Å². The van der Waals surface area contributed by atoms with Gasteiger partial charge >= 0.3 is 6.09 Å². The Balaban J connectivity index is 1.04. The monoisotopic (exact) mass is 542 g/mol. The first-order valence-corrected chi connectivity index (χ1v) is 14.2. The summed E-state index contributed by atoms with van der Waals surface area (Å²) in [7, 11) is 0. The van der Waals surface area contributed by atoms with Crippen LogP contribution in [0.15, 0.2) is 67.0 Å². The van der Waals surface area contributed by atoms with Crippen molar-refractivity contribution >= 4 is 17.7 Å². The molecule has 0 saturated carbocycles. The fraction of sp³-hybridized carbons (Fsp3) is 0.419. The predicted octanol–water partition coefficient (Wildman–Crippen LogP) is 4.32. The molecule has 2 aliphatic heterocycles. The van der Waals surface area contributed by atoms with E-state index < -0.39 is 6.09 Å². The number of carbonyl (C=O) groups is 2. The molecule has 2 amide bonds. The van der Waals surface area contributed by atoms with Gasteiger partial charge in [-0.25, -0.2) is 9.78 Å². The lowest BCUT2D eigenvalue weighted by atomic mass is 9.99. The Morgan fingerprint density at radius 1 is 0.900 bits per heavy atom. The lowest BCUT2D eigenvalue weighted by molar-refractivity contribution is 0.102. The zero-order chi connectivity index (χ0) is 27.7. The second kappa shape index (κ2) is 13.5. The fourth-order valence-electron chi connectivity index (χ4n) is 5.08. The summed E-state index contributed by atoms with van der Waals surface area (Å²) >= 11 is 0. The molecule has 0 aliphatic carbocycles. The van der Waals surface area contributed by atoms with Gasteiger partial charge in [0.2, 0.25) is 5.88 Å². The van der Waals surface area contributed by atoms with Gasteiger partial charge in [-0.05, 0) is 67.7 Å². The van der Waals surface area contributed by atoms with E-state index in [0.717, 1.165) is 57.3 Å². The van der Waals surface area contributed by atoms with Gasteiger partial charge < -0.3 is 15.0 Å². The van der Waals surface area contributed by atoms with Gasteiger partial charge in [-0.3, -0.25) is 19.6 Å². The highest BCUT2D eigenvalue weighted by Gasteiger charge is 2.23. The van der Waals surface area contributed by atoms with Crippen molar-refractivity contribution < 1.29 is 14.3 Å². The van der Waals surface area contributed by atoms with E-state index in [4.69, 9.17) is 4.74 Å². The van der Waals surface area contributed by atoms with Gasteiger partial charge in [-0.2, -0.15) is 0 Å². The molecule has 1 N–H and O–H groups in total. The molecule has 9 nitrogen and oxygen atoms in total. The van der Waals surface area contributed by atoms with E-state index in [1.54, 1.807) is 17.0 Å². The first-order chi connectivity index (χ1) is 19.5. The van der Waals surface area contributed by atoms with E-state index in [1.165, 1.54) is 24.6 Å². The first-order valence-electron chi connectivity index (χ1n) is 14.2. The minimum absolute atomic E-state index is 0.203. The molecule has 0 radical (unpaired) electrons. The maximum atomic E-state index is 12.7. The van der Waals surface area contributed by atoms with Crippen molar-refractivity contribution in [3.63, 3.8) is 0 Å². The standard InChI is InChI=1S/C31H38N6O3/c1-24-11-15-36(16-12-24)23-25-5-7-26(8-6-25)30(38)34-28-9-10-29(33-22-28)40-31(39)37-20-18-35(19-21-37)17-13-27-4-2-3-14-32-27/h2-10,14,22,24H,11-13,15-21,23H2,1H3,(H,34,38). The Kier molecular flexibility index (Phi) is 9.36. The number of hydrogen-bond acceptors (Lipinski definition) is 7. The van der Waals surface area contributed by atoms with Gasteiger partial charge in [0, 0.05) is 69.2 Å². The number of pyridine rings is 2. The maximum Gasteiger partial charge on any atom is 0.416 e. The Labute approximate surface area is 236 Å². The summed E-state index contributed by atoms with van der Waals surface area (Å²) in [6.07, 6.45) is 6.29. The van der Waals surface area contributed by atoms with Crippen molar-refractivity contribution in [3.05, 3.63) is 83.8 Å². The molecule has 9 heteroatoms. The van der Waals surface area contributed by atoms with E-state index >= 15 is 0 Å². The van der Waals surface area contributed by atoms with Crippen LogP contribution in [-0.4, -0.2) is 82.5 Å². The molecule has 4 heterocycles. The second-order valence-electron chi connectivity index (χ2n) is 10.8. The molecule has 2 aliphatic rings. The summed E-state index contributed by atoms with van der Waals surface area (Å²) in [6, 6.07) is 17.0. The molecule has 0 bridgehead atoms. The molecule has 2 saturated heterocycles. The summed E-state index contributed by atoms with van der Waals surface area (Å²) in [4.78, 5) is 40.4. The van der Waals surface area contributed by atoms with Crippen molar-refractivity contribution in [1.29, 1.82) is 0 Å². The lowest BCUT2D eigenvalue weighted by Gasteiger charge is -2.33. The largest absolute Gasteiger partial charge is 0.416 e. The highest BCUT2D eigenvalue weighted by Crippen LogP contribution is 2.19. The lowest BCUT2D eigenvalue weighted by Crippen LogP contribution is -2.50. The number of nitrogens with one attached hydrogen (secondary N) is 1. The van der Waals surface area contributed by atoms with Gasteiger partial charge in [0.1, 0.15) is 0 Å². The number of rotatable bonds is 8. The van der Waals surface area contributed by atoms with Crippen molar-refractivity contribution in [1.82, 2.24) is 24.7 Å². The Morgan fingerprint density at radius 2 is 1.68 bits per heavy atom. The molecule has 2 fully saturated rings. The third-order valence-electron chi connectivity index (χ3n) is 7.73. The number of benzene rings is 1. The van der Waals surface area contributed by atoms with Crippen molar-refractivity contribution in [2.24, 2.45) is 5.92 Å². The molecular formula is C31H38N6O3. The van der Waals surface area contributed by atoms with Gasteiger partial charge in [0.05, 0.1) is 11.9 Å². The summed E-state index contributed by atoms with van der Waals surface area (Å²) in [5.41, 5.74) is 3.42. The molecule has 210 valence electrons. The topological polar surface area (TPSA) is 90.9 Å². The zero-order valence-electron chi connectivity index (χ0n) is 23.2. The van der Waals surface area contributed by atoms with E-state index in [0.29, 0.717) is 24.3 Å². The average Bonchev–Trinajstić information content (AvgIpc) is 2.99. The van der Waals surface area contributed by atoms with Crippen LogP contribution in [0.2, 0.25) is 0 Å². The third kappa shape index (κ3) is 7.86. The number of aromatic nitrogens is 2. The van der Waals surface area contributed by atoms with Crippen LogP contribution in [0.1, 0.15) is 41.4 Å². The van der Waals surface area contributed by atoms with Crippen LogP contribution in [0.25, 0.3) is 0 Å². The highest BCUT2D eigenvalue weighted by atomic mass is 16.6. The van der Waals surface area contributed by atoms with Gasteiger partial charge in [-0.1, -0.05) is 25.1 Å². The van der Waals surface area contributed by atoms with E-state index in [9.17, 15) is 9.59 Å². The normalized spacial score (nSPS) is 17.0. The van der Waals surface area contributed by atoms with E-state index in [2.05, 4.69) is 32.0 Å². The number of hydrogen-bond donors (Lipinski definition) is 1. The summed E-state index contributed by atoms with van der Waals surface area (Å²) in [5.74, 6) is 0.815. The van der Waals surface area contributed by atoms with E-state index in [-0.39, 0.29) is 11.8 Å². The maximum absolute atomic E-state index is 12.7. The van der Waals surface area contributed by atoms with E-state index in [1.807, 2.05) is 48.7 Å². The number of amides is 2. The number of carbonyl (C=O) groups excluding carboxylic acids is 2. The number of anilines is 1.